The quantitative estimate of drug-likeness (QED) is 0.161. The van der Waals surface area contributed by atoms with Crippen molar-refractivity contribution in [2.24, 2.45) is 0 Å². The van der Waals surface area contributed by atoms with E-state index in [1.807, 2.05) is 80.6 Å². The fraction of sp³-hybridized carbons (Fsp3) is 0.273. The van der Waals surface area contributed by atoms with Gasteiger partial charge in [-0.2, -0.15) is 0 Å². The molecule has 0 spiro atoms. The third kappa shape index (κ3) is 7.60. The van der Waals surface area contributed by atoms with E-state index in [0.717, 1.165) is 27.8 Å². The number of allylic oxidation sites excluding steroid dienone is 4. The van der Waals surface area contributed by atoms with Crippen LogP contribution in [0.25, 0.3) is 0 Å². The van der Waals surface area contributed by atoms with Crippen molar-refractivity contribution in [3.8, 4) is 5.75 Å². The summed E-state index contributed by atoms with van der Waals surface area (Å²) in [5, 5.41) is 40.5. The average molecular weight is 529 g/mol. The molecule has 0 amide bonds. The lowest BCUT2D eigenvalue weighted by molar-refractivity contribution is -0.137. The van der Waals surface area contributed by atoms with Gasteiger partial charge in [0.1, 0.15) is 5.75 Å². The number of carbonyl (C=O) groups is 2. The van der Waals surface area contributed by atoms with E-state index in [-0.39, 0.29) is 24.4 Å². The Morgan fingerprint density at radius 2 is 1.13 bits per heavy atom. The summed E-state index contributed by atoms with van der Waals surface area (Å²) >= 11 is 0. The van der Waals surface area contributed by atoms with Gasteiger partial charge in [0.25, 0.3) is 0 Å². The summed E-state index contributed by atoms with van der Waals surface area (Å²) in [6.45, 7) is 5.46. The van der Waals surface area contributed by atoms with Gasteiger partial charge in [-0.15, -0.1) is 0 Å². The maximum absolute atomic E-state index is 11.8. The molecule has 3 aromatic rings. The molecular weight excluding hydrogens is 492 g/mol. The zero-order valence-electron chi connectivity index (χ0n) is 22.7. The van der Waals surface area contributed by atoms with Crippen LogP contribution in [-0.4, -0.2) is 32.4 Å². The van der Waals surface area contributed by atoms with Gasteiger partial charge in [-0.1, -0.05) is 73.7 Å². The molecule has 3 rings (SSSR count). The second kappa shape index (κ2) is 13.5. The van der Waals surface area contributed by atoms with Crippen molar-refractivity contribution in [2.75, 3.05) is 0 Å². The Morgan fingerprint density at radius 3 is 1.56 bits per heavy atom. The number of phenolic OH excluding ortho intramolecular Hbond substituents is 1. The number of aromatic hydroxyl groups is 1. The molecule has 6 heteroatoms. The molecule has 6 nitrogen and oxygen atoms in total. The highest BCUT2D eigenvalue weighted by Gasteiger charge is 2.18. The fourth-order valence-corrected chi connectivity index (χ4v) is 5.01. The number of rotatable bonds is 12. The summed E-state index contributed by atoms with van der Waals surface area (Å²) in [6, 6.07) is 16.9. The molecule has 0 radical (unpaired) electrons. The normalized spacial score (nSPS) is 12.0. The van der Waals surface area contributed by atoms with Gasteiger partial charge in [-0.25, -0.2) is 0 Å². The van der Waals surface area contributed by atoms with Crippen molar-refractivity contribution >= 4 is 11.9 Å². The van der Waals surface area contributed by atoms with Crippen LogP contribution in [0.3, 0.4) is 0 Å². The number of para-hydroxylation sites is 1. The summed E-state index contributed by atoms with van der Waals surface area (Å²) in [5.41, 5.74) is 6.92. The number of aliphatic hydroxyl groups excluding tert-OH is 1. The molecule has 0 atom stereocenters. The van der Waals surface area contributed by atoms with E-state index >= 15 is 0 Å². The maximum atomic E-state index is 11.8. The first-order valence-corrected chi connectivity index (χ1v) is 13.1. The van der Waals surface area contributed by atoms with Crippen LogP contribution in [0.4, 0.5) is 0 Å². The second-order valence-electron chi connectivity index (χ2n) is 9.67. The van der Waals surface area contributed by atoms with Gasteiger partial charge in [0.05, 0.1) is 18.6 Å². The molecule has 4 N–H and O–H groups in total. The largest absolute Gasteiger partial charge is 0.512 e. The summed E-state index contributed by atoms with van der Waals surface area (Å²) in [6.07, 6.45) is 5.19. The molecule has 39 heavy (non-hydrogen) atoms. The van der Waals surface area contributed by atoms with Gasteiger partial charge < -0.3 is 20.4 Å². The van der Waals surface area contributed by atoms with Crippen molar-refractivity contribution < 1.29 is 30.0 Å². The number of hydrogen-bond acceptors (Lipinski definition) is 4. The highest BCUT2D eigenvalue weighted by atomic mass is 16.4. The summed E-state index contributed by atoms with van der Waals surface area (Å²) in [5.74, 6) is -1.56. The molecule has 0 saturated carbocycles. The average Bonchev–Trinajstić information content (AvgIpc) is 2.88. The first kappa shape index (κ1) is 29.2. The maximum Gasteiger partial charge on any atom is 0.307 e. The van der Waals surface area contributed by atoms with Crippen LogP contribution in [0.2, 0.25) is 0 Å². The number of phenols is 1. The van der Waals surface area contributed by atoms with Gasteiger partial charge >= 0.3 is 11.9 Å². The Morgan fingerprint density at radius 1 is 0.692 bits per heavy atom. The molecular formula is C33H36O6. The number of carboxylic acid groups (broad SMARTS) is 2. The molecule has 204 valence electrons. The minimum atomic E-state index is -0.958. The molecule has 0 saturated heterocycles. The van der Waals surface area contributed by atoms with Crippen LogP contribution in [0.5, 0.6) is 5.75 Å². The van der Waals surface area contributed by atoms with E-state index in [0.29, 0.717) is 47.9 Å². The highest BCUT2D eigenvalue weighted by molar-refractivity contribution is 5.72. The van der Waals surface area contributed by atoms with Crippen molar-refractivity contribution in [3.63, 3.8) is 0 Å². The topological polar surface area (TPSA) is 115 Å². The monoisotopic (exact) mass is 528 g/mol. The van der Waals surface area contributed by atoms with Crippen LogP contribution in [0, 0.1) is 0 Å². The van der Waals surface area contributed by atoms with Gasteiger partial charge in [-0.3, -0.25) is 9.59 Å². The van der Waals surface area contributed by atoms with Crippen molar-refractivity contribution in [1.29, 1.82) is 0 Å². The van der Waals surface area contributed by atoms with Crippen molar-refractivity contribution in [3.05, 3.63) is 123 Å². The predicted molar refractivity (Wildman–Crippen MR) is 153 cm³/mol. The molecule has 3 aromatic carbocycles. The second-order valence-corrected chi connectivity index (χ2v) is 9.67. The van der Waals surface area contributed by atoms with Crippen LogP contribution in [0.15, 0.2) is 78.1 Å². The molecule has 0 bridgehead atoms. The Hall–Kier alpha value is -4.32. The number of hydrogen-bond donors (Lipinski definition) is 4. The van der Waals surface area contributed by atoms with Gasteiger partial charge in [-0.05, 0) is 70.3 Å². The van der Waals surface area contributed by atoms with Crippen LogP contribution in [-0.2, 0) is 48.1 Å². The van der Waals surface area contributed by atoms with Gasteiger partial charge in [0.15, 0.2) is 0 Å². The van der Waals surface area contributed by atoms with Gasteiger partial charge in [0.2, 0.25) is 0 Å². The van der Waals surface area contributed by atoms with E-state index in [1.165, 1.54) is 0 Å². The van der Waals surface area contributed by atoms with Crippen LogP contribution < -0.4 is 0 Å². The molecule has 0 aromatic heterocycles. The minimum Gasteiger partial charge on any atom is -0.512 e. The standard InChI is InChI=1S/C33H36O6/c1-4-9-23(21(3)34)16-24-12-7-13-26(30(24)20-32(37)38)18-28-15-8-14-27(33(28)39)17-25-11-6-10-22(5-2)29(25)19-31(35)36/h4,6-15,34,39H,5,16-20H2,1-3H3,(H,35,36)(H,37,38)/b9-4-,23-21-. The first-order chi connectivity index (χ1) is 18.6. The third-order valence-electron chi connectivity index (χ3n) is 6.96. The SMILES string of the molecule is C/C=C\C(Cc1cccc(Cc2cccc(Cc3cccc(CC)c3CC(=O)O)c2O)c1CC(=O)O)=C(/C)O. The van der Waals surface area contributed by atoms with E-state index in [1.54, 1.807) is 6.92 Å². The zero-order chi connectivity index (χ0) is 28.5. The number of aliphatic carboxylic acids is 2. The van der Waals surface area contributed by atoms with Crippen molar-refractivity contribution in [2.45, 2.75) is 59.3 Å². The van der Waals surface area contributed by atoms with E-state index in [9.17, 15) is 30.0 Å². The minimum absolute atomic E-state index is 0.0812. The summed E-state index contributed by atoms with van der Waals surface area (Å²) < 4.78 is 0. The Balaban J connectivity index is 2.01. The lowest BCUT2D eigenvalue weighted by Crippen LogP contribution is -2.09. The predicted octanol–water partition coefficient (Wildman–Crippen LogP) is 6.34. The van der Waals surface area contributed by atoms with E-state index < -0.39 is 11.9 Å². The van der Waals surface area contributed by atoms with Crippen LogP contribution >= 0.6 is 0 Å². The molecule has 0 heterocycles. The molecule has 0 aliphatic carbocycles. The van der Waals surface area contributed by atoms with Crippen LogP contribution in [0.1, 0.15) is 65.3 Å². The Kier molecular flexibility index (Phi) is 10.1. The van der Waals surface area contributed by atoms with Gasteiger partial charge in [0, 0.05) is 19.3 Å². The first-order valence-electron chi connectivity index (χ1n) is 13.1. The lowest BCUT2D eigenvalue weighted by Gasteiger charge is -2.17. The molecule has 0 unspecified atom stereocenters. The lowest BCUT2D eigenvalue weighted by atomic mass is 9.88. The summed E-state index contributed by atoms with van der Waals surface area (Å²) in [4.78, 5) is 23.3. The molecule has 0 aliphatic rings. The zero-order valence-corrected chi connectivity index (χ0v) is 22.7. The Labute approximate surface area is 229 Å². The number of aryl methyl sites for hydroxylation is 1. The number of benzene rings is 3. The molecule has 0 aliphatic heterocycles. The van der Waals surface area contributed by atoms with E-state index in [4.69, 9.17) is 0 Å². The van der Waals surface area contributed by atoms with E-state index in [2.05, 4.69) is 0 Å². The number of aliphatic hydroxyl groups is 1. The van der Waals surface area contributed by atoms with Crippen molar-refractivity contribution in [1.82, 2.24) is 0 Å². The highest BCUT2D eigenvalue weighted by Crippen LogP contribution is 2.31. The Bertz CT molecular complexity index is 1410. The smallest absolute Gasteiger partial charge is 0.307 e. The fourth-order valence-electron chi connectivity index (χ4n) is 5.01. The third-order valence-corrected chi connectivity index (χ3v) is 6.96. The summed E-state index contributed by atoms with van der Waals surface area (Å²) in [7, 11) is 0. The number of carboxylic acids is 2. The molecule has 0 fully saturated rings.